The van der Waals surface area contributed by atoms with E-state index in [0.29, 0.717) is 6.54 Å². The Hall–Kier alpha value is -0.930. The molecule has 0 aliphatic heterocycles. The van der Waals surface area contributed by atoms with E-state index in [1.807, 2.05) is 30.3 Å². The van der Waals surface area contributed by atoms with Gasteiger partial charge in [0.15, 0.2) is 0 Å². The zero-order chi connectivity index (χ0) is 8.65. The standard InChI is InChI=1S/C9H12FNO/c10-12-7-6-11-8-9-4-2-1-3-5-9/h1-5,11H,6-8H2. The van der Waals surface area contributed by atoms with E-state index >= 15 is 0 Å². The summed E-state index contributed by atoms with van der Waals surface area (Å²) >= 11 is 0. The fourth-order valence-electron chi connectivity index (χ4n) is 0.939. The highest BCUT2D eigenvalue weighted by atomic mass is 19.3. The van der Waals surface area contributed by atoms with Crippen LogP contribution in [0.1, 0.15) is 5.56 Å². The highest BCUT2D eigenvalue weighted by molar-refractivity contribution is 5.14. The molecule has 0 spiro atoms. The molecule has 0 bridgehead atoms. The molecule has 0 amide bonds. The zero-order valence-electron chi connectivity index (χ0n) is 6.79. The van der Waals surface area contributed by atoms with Crippen LogP contribution in [0.15, 0.2) is 30.3 Å². The van der Waals surface area contributed by atoms with Crippen molar-refractivity contribution in [3.63, 3.8) is 0 Å². The van der Waals surface area contributed by atoms with E-state index in [4.69, 9.17) is 0 Å². The molecule has 0 unspecified atom stereocenters. The molecule has 0 fully saturated rings. The van der Waals surface area contributed by atoms with E-state index < -0.39 is 0 Å². The minimum atomic E-state index is 0.104. The van der Waals surface area contributed by atoms with E-state index in [1.165, 1.54) is 5.56 Å². The lowest BCUT2D eigenvalue weighted by atomic mass is 10.2. The smallest absolute Gasteiger partial charge is 0.100 e. The molecular formula is C9H12FNO. The van der Waals surface area contributed by atoms with Crippen LogP contribution < -0.4 is 5.32 Å². The third-order valence-corrected chi connectivity index (χ3v) is 1.53. The van der Waals surface area contributed by atoms with E-state index in [0.717, 1.165) is 6.54 Å². The van der Waals surface area contributed by atoms with Gasteiger partial charge in [-0.25, -0.2) is 0 Å². The largest absolute Gasteiger partial charge is 0.310 e. The second kappa shape index (κ2) is 5.69. The molecule has 12 heavy (non-hydrogen) atoms. The van der Waals surface area contributed by atoms with Gasteiger partial charge in [0.1, 0.15) is 6.61 Å². The van der Waals surface area contributed by atoms with Gasteiger partial charge in [-0.3, -0.25) is 0 Å². The fourth-order valence-corrected chi connectivity index (χ4v) is 0.939. The Morgan fingerprint density at radius 2 is 2.00 bits per heavy atom. The second-order valence-corrected chi connectivity index (χ2v) is 2.48. The van der Waals surface area contributed by atoms with Gasteiger partial charge in [-0.1, -0.05) is 30.3 Å². The van der Waals surface area contributed by atoms with Crippen molar-refractivity contribution in [1.82, 2.24) is 5.32 Å². The minimum Gasteiger partial charge on any atom is -0.310 e. The Kier molecular flexibility index (Phi) is 4.34. The molecule has 0 aromatic heterocycles. The van der Waals surface area contributed by atoms with Crippen LogP contribution in [-0.2, 0) is 11.5 Å². The lowest BCUT2D eigenvalue weighted by Crippen LogP contribution is -2.17. The van der Waals surface area contributed by atoms with E-state index in [-0.39, 0.29) is 6.61 Å². The third-order valence-electron chi connectivity index (χ3n) is 1.53. The van der Waals surface area contributed by atoms with Crippen molar-refractivity contribution in [3.8, 4) is 0 Å². The lowest BCUT2D eigenvalue weighted by Gasteiger charge is -2.01. The molecule has 0 atom stereocenters. The summed E-state index contributed by atoms with van der Waals surface area (Å²) in [6.07, 6.45) is 0. The highest BCUT2D eigenvalue weighted by Gasteiger charge is 1.89. The van der Waals surface area contributed by atoms with Crippen LogP contribution in [0.3, 0.4) is 0 Å². The second-order valence-electron chi connectivity index (χ2n) is 2.48. The third kappa shape index (κ3) is 3.46. The number of hydrogen-bond donors (Lipinski definition) is 1. The molecule has 0 aliphatic rings. The Balaban J connectivity index is 2.16. The van der Waals surface area contributed by atoms with Crippen molar-refractivity contribution in [1.29, 1.82) is 0 Å². The molecular weight excluding hydrogens is 157 g/mol. The van der Waals surface area contributed by atoms with Crippen molar-refractivity contribution in [2.75, 3.05) is 13.2 Å². The van der Waals surface area contributed by atoms with Crippen LogP contribution in [-0.4, -0.2) is 13.2 Å². The van der Waals surface area contributed by atoms with Crippen LogP contribution in [0.5, 0.6) is 0 Å². The zero-order valence-corrected chi connectivity index (χ0v) is 6.79. The number of hydrogen-bond acceptors (Lipinski definition) is 2. The van der Waals surface area contributed by atoms with Crippen LogP contribution in [0.25, 0.3) is 0 Å². The molecule has 0 aliphatic carbocycles. The van der Waals surface area contributed by atoms with Crippen LogP contribution in [0.2, 0.25) is 0 Å². The molecule has 66 valence electrons. The van der Waals surface area contributed by atoms with Crippen molar-refractivity contribution < 1.29 is 9.47 Å². The summed E-state index contributed by atoms with van der Waals surface area (Å²) in [6.45, 7) is 1.39. The summed E-state index contributed by atoms with van der Waals surface area (Å²) in [5.41, 5.74) is 1.19. The van der Waals surface area contributed by atoms with Gasteiger partial charge >= 0.3 is 0 Å². The van der Waals surface area contributed by atoms with Gasteiger partial charge in [0.2, 0.25) is 0 Å². The summed E-state index contributed by atoms with van der Waals surface area (Å²) in [5.74, 6) is 0. The monoisotopic (exact) mass is 169 g/mol. The maximum absolute atomic E-state index is 11.2. The fraction of sp³-hybridized carbons (Fsp3) is 0.333. The van der Waals surface area contributed by atoms with Crippen LogP contribution >= 0.6 is 0 Å². The van der Waals surface area contributed by atoms with E-state index in [9.17, 15) is 4.53 Å². The summed E-state index contributed by atoms with van der Waals surface area (Å²) in [7, 11) is 0. The Labute approximate surface area is 71.3 Å². The molecule has 0 radical (unpaired) electrons. The molecule has 2 nitrogen and oxygen atoms in total. The predicted molar refractivity (Wildman–Crippen MR) is 45.2 cm³/mol. The topological polar surface area (TPSA) is 21.3 Å². The Bertz CT molecular complexity index is 203. The molecule has 1 N–H and O–H groups in total. The lowest BCUT2D eigenvalue weighted by molar-refractivity contribution is -0.129. The van der Waals surface area contributed by atoms with Gasteiger partial charge in [-0.2, -0.15) is 4.94 Å². The number of nitrogens with one attached hydrogen (secondary N) is 1. The Morgan fingerprint density at radius 1 is 1.25 bits per heavy atom. The van der Waals surface area contributed by atoms with Crippen LogP contribution in [0, 0.1) is 0 Å². The quantitative estimate of drug-likeness (QED) is 0.677. The normalized spacial score (nSPS) is 10.1. The molecule has 1 rings (SSSR count). The summed E-state index contributed by atoms with van der Waals surface area (Å²) in [4.78, 5) is 3.42. The van der Waals surface area contributed by atoms with Gasteiger partial charge in [-0.15, -0.1) is 0 Å². The maximum atomic E-state index is 11.2. The molecule has 0 heterocycles. The first-order valence-electron chi connectivity index (χ1n) is 3.91. The first kappa shape index (κ1) is 9.16. The molecule has 0 saturated heterocycles. The van der Waals surface area contributed by atoms with Gasteiger partial charge in [0, 0.05) is 13.1 Å². The van der Waals surface area contributed by atoms with Gasteiger partial charge < -0.3 is 5.32 Å². The van der Waals surface area contributed by atoms with Gasteiger partial charge in [0.25, 0.3) is 0 Å². The average molecular weight is 169 g/mol. The first-order valence-corrected chi connectivity index (χ1v) is 3.91. The molecule has 1 aromatic rings. The molecule has 1 aromatic carbocycles. The number of rotatable bonds is 5. The molecule has 0 saturated carbocycles. The van der Waals surface area contributed by atoms with Crippen molar-refractivity contribution in [2.24, 2.45) is 0 Å². The SMILES string of the molecule is FOCCNCc1ccccc1. The first-order chi connectivity index (χ1) is 5.93. The highest BCUT2D eigenvalue weighted by Crippen LogP contribution is 1.96. The summed E-state index contributed by atoms with van der Waals surface area (Å²) < 4.78 is 11.2. The minimum absolute atomic E-state index is 0.104. The number of halogens is 1. The average Bonchev–Trinajstić information content (AvgIpc) is 2.14. The van der Waals surface area contributed by atoms with Gasteiger partial charge in [-0.05, 0) is 10.1 Å². The summed E-state index contributed by atoms with van der Waals surface area (Å²) in [6, 6.07) is 9.95. The van der Waals surface area contributed by atoms with Crippen molar-refractivity contribution >= 4 is 0 Å². The number of benzene rings is 1. The Morgan fingerprint density at radius 3 is 2.67 bits per heavy atom. The van der Waals surface area contributed by atoms with Crippen molar-refractivity contribution in [3.05, 3.63) is 35.9 Å². The van der Waals surface area contributed by atoms with E-state index in [2.05, 4.69) is 10.3 Å². The van der Waals surface area contributed by atoms with Crippen molar-refractivity contribution in [2.45, 2.75) is 6.54 Å². The summed E-state index contributed by atoms with van der Waals surface area (Å²) in [5, 5.41) is 3.04. The van der Waals surface area contributed by atoms with E-state index in [1.54, 1.807) is 0 Å². The van der Waals surface area contributed by atoms with Gasteiger partial charge in [0.05, 0.1) is 0 Å². The van der Waals surface area contributed by atoms with Crippen LogP contribution in [0.4, 0.5) is 4.53 Å². The predicted octanol–water partition coefficient (Wildman–Crippen LogP) is 1.68. The maximum Gasteiger partial charge on any atom is 0.100 e. The molecule has 3 heteroatoms.